The van der Waals surface area contributed by atoms with Gasteiger partial charge in [-0.2, -0.15) is 5.10 Å². The molecule has 2 fully saturated rings. The van der Waals surface area contributed by atoms with Gasteiger partial charge in [-0.3, -0.25) is 9.36 Å². The Morgan fingerprint density at radius 1 is 1.11 bits per heavy atom. The molecule has 144 valence electrons. The third kappa shape index (κ3) is 3.70. The first-order valence-electron chi connectivity index (χ1n) is 10.1. The van der Waals surface area contributed by atoms with E-state index in [1.165, 1.54) is 30.4 Å². The number of likely N-dealkylation sites (tertiary alicyclic amines) is 1. The molecule has 0 unspecified atom stereocenters. The Balaban J connectivity index is 1.58. The third-order valence-corrected chi connectivity index (χ3v) is 6.03. The van der Waals surface area contributed by atoms with Crippen LogP contribution in [0.5, 0.6) is 0 Å². The van der Waals surface area contributed by atoms with E-state index in [0.29, 0.717) is 18.9 Å². The number of carbonyl (C=O) groups excluding carboxylic acids is 1. The van der Waals surface area contributed by atoms with Gasteiger partial charge in [0.25, 0.3) is 0 Å². The van der Waals surface area contributed by atoms with E-state index in [1.807, 2.05) is 35.2 Å². The Hall–Kier alpha value is -2.37. The van der Waals surface area contributed by atoms with Gasteiger partial charge in [-0.05, 0) is 37.2 Å². The van der Waals surface area contributed by atoms with E-state index >= 15 is 0 Å². The minimum absolute atomic E-state index is 0.0866. The van der Waals surface area contributed by atoms with Crippen molar-refractivity contribution in [1.29, 1.82) is 0 Å². The molecular formula is C21H28N4O2. The van der Waals surface area contributed by atoms with Crippen LogP contribution in [0.15, 0.2) is 35.1 Å². The van der Waals surface area contributed by atoms with Gasteiger partial charge >= 0.3 is 5.69 Å². The lowest BCUT2D eigenvalue weighted by atomic mass is 10.0. The predicted molar refractivity (Wildman–Crippen MR) is 103 cm³/mol. The SMILES string of the molecule is Cn1nc([C@@H]2CCCN2C(=O)CC2CCCC2)n(Cc2ccccc2)c1=O. The molecule has 1 saturated heterocycles. The predicted octanol–water partition coefficient (Wildman–Crippen LogP) is 2.87. The van der Waals surface area contributed by atoms with E-state index in [1.54, 1.807) is 11.6 Å². The van der Waals surface area contributed by atoms with Crippen molar-refractivity contribution < 1.29 is 4.79 Å². The van der Waals surface area contributed by atoms with E-state index in [4.69, 9.17) is 0 Å². The van der Waals surface area contributed by atoms with Gasteiger partial charge in [0, 0.05) is 20.0 Å². The maximum Gasteiger partial charge on any atom is 0.346 e. The zero-order valence-corrected chi connectivity index (χ0v) is 16.0. The highest BCUT2D eigenvalue weighted by Crippen LogP contribution is 2.34. The van der Waals surface area contributed by atoms with Crippen molar-refractivity contribution in [1.82, 2.24) is 19.2 Å². The number of amides is 1. The molecule has 0 N–H and O–H groups in total. The quantitative estimate of drug-likeness (QED) is 0.815. The highest BCUT2D eigenvalue weighted by atomic mass is 16.2. The smallest absolute Gasteiger partial charge is 0.332 e. The zero-order chi connectivity index (χ0) is 18.8. The summed E-state index contributed by atoms with van der Waals surface area (Å²) in [6.45, 7) is 1.26. The summed E-state index contributed by atoms with van der Waals surface area (Å²) in [6.07, 6.45) is 7.33. The number of rotatable bonds is 5. The average Bonchev–Trinajstić information content (AvgIpc) is 3.40. The number of hydrogen-bond donors (Lipinski definition) is 0. The molecule has 6 heteroatoms. The van der Waals surface area contributed by atoms with Gasteiger partial charge in [-0.25, -0.2) is 9.48 Å². The molecule has 1 aromatic carbocycles. The van der Waals surface area contributed by atoms with Crippen molar-refractivity contribution in [2.45, 2.75) is 57.5 Å². The summed E-state index contributed by atoms with van der Waals surface area (Å²) in [5.74, 6) is 1.49. The molecule has 0 bridgehead atoms. The monoisotopic (exact) mass is 368 g/mol. The van der Waals surface area contributed by atoms with Gasteiger partial charge in [0.05, 0.1) is 12.6 Å². The summed E-state index contributed by atoms with van der Waals surface area (Å²) in [5.41, 5.74) is 0.944. The molecule has 6 nitrogen and oxygen atoms in total. The summed E-state index contributed by atoms with van der Waals surface area (Å²) >= 11 is 0. The lowest BCUT2D eigenvalue weighted by Crippen LogP contribution is -2.34. The molecule has 1 amide bonds. The molecule has 1 saturated carbocycles. The fraction of sp³-hybridized carbons (Fsp3) is 0.571. The van der Waals surface area contributed by atoms with E-state index < -0.39 is 0 Å². The van der Waals surface area contributed by atoms with Crippen molar-refractivity contribution in [2.75, 3.05) is 6.54 Å². The second kappa shape index (κ2) is 7.71. The minimum atomic E-state index is -0.121. The summed E-state index contributed by atoms with van der Waals surface area (Å²) in [4.78, 5) is 27.6. The van der Waals surface area contributed by atoms with Gasteiger partial charge < -0.3 is 4.90 Å². The van der Waals surface area contributed by atoms with Crippen molar-refractivity contribution in [3.05, 3.63) is 52.2 Å². The highest BCUT2D eigenvalue weighted by molar-refractivity contribution is 5.77. The first-order chi connectivity index (χ1) is 13.1. The number of aryl methyl sites for hydroxylation is 1. The van der Waals surface area contributed by atoms with Gasteiger partial charge in [-0.15, -0.1) is 0 Å². The van der Waals surface area contributed by atoms with Gasteiger partial charge in [-0.1, -0.05) is 43.2 Å². The molecule has 1 aliphatic carbocycles. The first-order valence-corrected chi connectivity index (χ1v) is 10.1. The topological polar surface area (TPSA) is 60.1 Å². The average molecular weight is 368 g/mol. The fourth-order valence-electron chi connectivity index (χ4n) is 4.60. The molecule has 1 aliphatic heterocycles. The summed E-state index contributed by atoms with van der Waals surface area (Å²) < 4.78 is 3.14. The Kier molecular flexibility index (Phi) is 5.14. The van der Waals surface area contributed by atoms with Crippen LogP contribution in [0.3, 0.4) is 0 Å². The summed E-state index contributed by atoms with van der Waals surface area (Å²) in [6, 6.07) is 9.86. The molecule has 27 heavy (non-hydrogen) atoms. The molecule has 1 aromatic heterocycles. The number of aromatic nitrogens is 3. The van der Waals surface area contributed by atoms with Crippen LogP contribution in [0, 0.1) is 5.92 Å². The molecule has 2 aromatic rings. The molecule has 1 atom stereocenters. The second-order valence-corrected chi connectivity index (χ2v) is 7.94. The van der Waals surface area contributed by atoms with Gasteiger partial charge in [0.2, 0.25) is 5.91 Å². The van der Waals surface area contributed by atoms with Crippen LogP contribution in [0.4, 0.5) is 0 Å². The minimum Gasteiger partial charge on any atom is -0.332 e. The summed E-state index contributed by atoms with van der Waals surface area (Å²) in [7, 11) is 1.69. The molecule has 0 radical (unpaired) electrons. The molecular weight excluding hydrogens is 340 g/mol. The normalized spacial score (nSPS) is 20.5. The fourth-order valence-corrected chi connectivity index (χ4v) is 4.60. The Morgan fingerprint density at radius 2 is 1.85 bits per heavy atom. The Labute approximate surface area is 159 Å². The van der Waals surface area contributed by atoms with E-state index in [-0.39, 0.29) is 17.6 Å². The van der Waals surface area contributed by atoms with Crippen molar-refractivity contribution in [3.8, 4) is 0 Å². The van der Waals surface area contributed by atoms with Crippen molar-refractivity contribution >= 4 is 5.91 Å². The van der Waals surface area contributed by atoms with Crippen LogP contribution < -0.4 is 5.69 Å². The number of carbonyl (C=O) groups is 1. The van der Waals surface area contributed by atoms with Crippen LogP contribution >= 0.6 is 0 Å². The molecule has 0 spiro atoms. The van der Waals surface area contributed by atoms with Crippen LogP contribution in [-0.2, 0) is 18.4 Å². The maximum absolute atomic E-state index is 13.0. The summed E-state index contributed by atoms with van der Waals surface area (Å²) in [5, 5.41) is 4.53. The van der Waals surface area contributed by atoms with Crippen LogP contribution in [0.2, 0.25) is 0 Å². The van der Waals surface area contributed by atoms with Gasteiger partial charge in [0.1, 0.15) is 0 Å². The largest absolute Gasteiger partial charge is 0.346 e. The van der Waals surface area contributed by atoms with Crippen LogP contribution in [0.1, 0.15) is 62.4 Å². The highest BCUT2D eigenvalue weighted by Gasteiger charge is 2.35. The number of hydrogen-bond acceptors (Lipinski definition) is 3. The standard InChI is InChI=1S/C21H28N4O2/c1-23-21(27)25(15-17-10-3-2-4-11-17)20(22-23)18-12-7-13-24(18)19(26)14-16-8-5-6-9-16/h2-4,10-11,16,18H,5-9,12-15H2,1H3/t18-/m0/s1. The van der Waals surface area contributed by atoms with E-state index in [0.717, 1.165) is 30.8 Å². The lowest BCUT2D eigenvalue weighted by molar-refractivity contribution is -0.133. The zero-order valence-electron chi connectivity index (χ0n) is 16.0. The van der Waals surface area contributed by atoms with Crippen molar-refractivity contribution in [3.63, 3.8) is 0 Å². The first kappa shape index (κ1) is 18.0. The third-order valence-electron chi connectivity index (χ3n) is 6.03. The number of nitrogens with zero attached hydrogens (tertiary/aromatic N) is 4. The van der Waals surface area contributed by atoms with Crippen LogP contribution in [-0.4, -0.2) is 31.7 Å². The maximum atomic E-state index is 13.0. The second-order valence-electron chi connectivity index (χ2n) is 7.94. The Morgan fingerprint density at radius 3 is 2.59 bits per heavy atom. The van der Waals surface area contributed by atoms with E-state index in [9.17, 15) is 9.59 Å². The van der Waals surface area contributed by atoms with E-state index in [2.05, 4.69) is 5.10 Å². The van der Waals surface area contributed by atoms with Gasteiger partial charge in [0.15, 0.2) is 5.82 Å². The lowest BCUT2D eigenvalue weighted by Gasteiger charge is -2.25. The number of benzene rings is 1. The Bertz CT molecular complexity index is 849. The molecule has 4 rings (SSSR count). The van der Waals surface area contributed by atoms with Crippen molar-refractivity contribution in [2.24, 2.45) is 13.0 Å². The molecule has 2 heterocycles. The molecule has 2 aliphatic rings. The van der Waals surface area contributed by atoms with Crippen LogP contribution in [0.25, 0.3) is 0 Å².